The average molecular weight is 361 g/mol. The summed E-state index contributed by atoms with van der Waals surface area (Å²) in [5.74, 6) is -0.992. The fourth-order valence-electron chi connectivity index (χ4n) is 2.51. The smallest absolute Gasteiger partial charge is 0.313 e. The Labute approximate surface area is 157 Å². The molecule has 0 aliphatic rings. The van der Waals surface area contributed by atoms with Crippen molar-refractivity contribution in [2.75, 3.05) is 0 Å². The predicted octanol–water partition coefficient (Wildman–Crippen LogP) is 3.65. The van der Waals surface area contributed by atoms with E-state index in [-0.39, 0.29) is 12.8 Å². The lowest BCUT2D eigenvalue weighted by atomic mass is 10.1. The van der Waals surface area contributed by atoms with Crippen LogP contribution in [0.5, 0.6) is 0 Å². The molecule has 0 atom stereocenters. The zero-order valence-electron chi connectivity index (χ0n) is 14.7. The first-order valence-corrected chi connectivity index (χ1v) is 8.58. The van der Waals surface area contributed by atoms with Crippen LogP contribution in [-0.2, 0) is 31.9 Å². The molecule has 0 saturated carbocycles. The quantitative estimate of drug-likeness (QED) is 0.475. The van der Waals surface area contributed by atoms with Gasteiger partial charge in [-0.25, -0.2) is 0 Å². The van der Waals surface area contributed by atoms with Gasteiger partial charge in [0, 0.05) is 6.20 Å². The van der Waals surface area contributed by atoms with Gasteiger partial charge in [0.2, 0.25) is 0 Å². The normalized spacial score (nSPS) is 10.4. The van der Waals surface area contributed by atoms with Gasteiger partial charge in [0.05, 0.1) is 12.8 Å². The number of aromatic nitrogens is 1. The maximum Gasteiger partial charge on any atom is 0.313 e. The topological polar surface area (TPSA) is 65.5 Å². The summed E-state index contributed by atoms with van der Waals surface area (Å²) in [7, 11) is 0. The molecular formula is C22H19NO4. The van der Waals surface area contributed by atoms with Crippen molar-refractivity contribution in [1.82, 2.24) is 4.98 Å². The fourth-order valence-corrected chi connectivity index (χ4v) is 2.51. The van der Waals surface area contributed by atoms with Crippen LogP contribution in [0.3, 0.4) is 0 Å². The summed E-state index contributed by atoms with van der Waals surface area (Å²) >= 11 is 0. The molecule has 3 aromatic rings. The molecule has 0 radical (unpaired) electrons. The minimum absolute atomic E-state index is 0.0837. The molecule has 0 amide bonds. The van der Waals surface area contributed by atoms with Gasteiger partial charge < -0.3 is 9.47 Å². The molecule has 27 heavy (non-hydrogen) atoms. The zero-order valence-corrected chi connectivity index (χ0v) is 14.7. The van der Waals surface area contributed by atoms with E-state index in [9.17, 15) is 9.59 Å². The summed E-state index contributed by atoms with van der Waals surface area (Å²) in [6, 6.07) is 23.6. The lowest BCUT2D eigenvalue weighted by Gasteiger charge is -2.18. The molecule has 0 aliphatic carbocycles. The molecule has 0 saturated heterocycles. The Bertz CT molecular complexity index is 811. The van der Waals surface area contributed by atoms with E-state index in [4.69, 9.17) is 9.47 Å². The second-order valence-corrected chi connectivity index (χ2v) is 5.89. The van der Waals surface area contributed by atoms with E-state index in [0.717, 1.165) is 11.1 Å². The van der Waals surface area contributed by atoms with Crippen molar-refractivity contribution in [2.24, 2.45) is 0 Å². The average Bonchev–Trinajstić information content (AvgIpc) is 2.69. The highest BCUT2D eigenvalue weighted by molar-refractivity contribution is 5.74. The van der Waals surface area contributed by atoms with Gasteiger partial charge >= 0.3 is 11.9 Å². The number of pyridine rings is 1. The monoisotopic (exact) mass is 361 g/mol. The third kappa shape index (κ3) is 5.78. The van der Waals surface area contributed by atoms with Gasteiger partial charge in [-0.05, 0) is 23.3 Å². The van der Waals surface area contributed by atoms with E-state index < -0.39 is 18.2 Å². The number of hydrogen-bond acceptors (Lipinski definition) is 5. The van der Waals surface area contributed by atoms with Crippen LogP contribution < -0.4 is 0 Å². The molecule has 0 aliphatic heterocycles. The third-order valence-corrected chi connectivity index (χ3v) is 3.79. The van der Waals surface area contributed by atoms with Crippen LogP contribution in [0.15, 0.2) is 85.1 Å². The molecule has 0 spiro atoms. The van der Waals surface area contributed by atoms with E-state index in [1.807, 2.05) is 60.7 Å². The van der Waals surface area contributed by atoms with Crippen LogP contribution in [0.1, 0.15) is 23.1 Å². The number of esters is 2. The molecule has 136 valence electrons. The van der Waals surface area contributed by atoms with Crippen molar-refractivity contribution in [3.05, 3.63) is 102 Å². The maximum atomic E-state index is 12.3. The van der Waals surface area contributed by atoms with Crippen molar-refractivity contribution in [1.29, 1.82) is 0 Å². The van der Waals surface area contributed by atoms with Gasteiger partial charge in [-0.15, -0.1) is 0 Å². The SMILES string of the molecule is O=C(Cc1ccccc1)OC(OC(=O)Cc1ccccc1)c1ccccn1. The second-order valence-electron chi connectivity index (χ2n) is 5.89. The van der Waals surface area contributed by atoms with Gasteiger partial charge in [0.25, 0.3) is 6.29 Å². The number of nitrogens with zero attached hydrogens (tertiary/aromatic N) is 1. The first kappa shape index (κ1) is 18.3. The van der Waals surface area contributed by atoms with Crippen molar-refractivity contribution in [3.8, 4) is 0 Å². The van der Waals surface area contributed by atoms with Gasteiger partial charge in [0.15, 0.2) is 0 Å². The molecule has 3 rings (SSSR count). The fraction of sp³-hybridized carbons (Fsp3) is 0.136. The molecule has 0 bridgehead atoms. The summed E-state index contributed by atoms with van der Waals surface area (Å²) in [6.07, 6.45) is 0.540. The number of benzene rings is 2. The Morgan fingerprint density at radius 3 is 1.63 bits per heavy atom. The lowest BCUT2D eigenvalue weighted by molar-refractivity contribution is -0.189. The second kappa shape index (κ2) is 9.29. The first-order valence-electron chi connectivity index (χ1n) is 8.58. The number of carbonyl (C=O) groups is 2. The Balaban J connectivity index is 1.67. The molecule has 5 nitrogen and oxygen atoms in total. The summed E-state index contributed by atoms with van der Waals surface area (Å²) in [6.45, 7) is 0. The molecule has 0 unspecified atom stereocenters. The van der Waals surface area contributed by atoms with Gasteiger partial charge in [-0.2, -0.15) is 0 Å². The van der Waals surface area contributed by atoms with E-state index in [1.165, 1.54) is 0 Å². The summed E-state index contributed by atoms with van der Waals surface area (Å²) in [5.41, 5.74) is 2.00. The summed E-state index contributed by atoms with van der Waals surface area (Å²) in [4.78, 5) is 28.7. The van der Waals surface area contributed by atoms with Crippen LogP contribution in [0.4, 0.5) is 0 Å². The predicted molar refractivity (Wildman–Crippen MR) is 99.5 cm³/mol. The van der Waals surface area contributed by atoms with E-state index >= 15 is 0 Å². The summed E-state index contributed by atoms with van der Waals surface area (Å²) < 4.78 is 10.8. The number of rotatable bonds is 7. The Morgan fingerprint density at radius 1 is 0.704 bits per heavy atom. The van der Waals surface area contributed by atoms with Crippen molar-refractivity contribution in [2.45, 2.75) is 19.1 Å². The van der Waals surface area contributed by atoms with Crippen LogP contribution in [0.2, 0.25) is 0 Å². The number of hydrogen-bond donors (Lipinski definition) is 0. The molecule has 1 heterocycles. The minimum atomic E-state index is -1.18. The van der Waals surface area contributed by atoms with E-state index in [2.05, 4.69) is 4.98 Å². The third-order valence-electron chi connectivity index (χ3n) is 3.79. The standard InChI is InChI=1S/C22H19NO4/c24-20(15-17-9-3-1-4-10-17)26-22(19-13-7-8-14-23-19)27-21(25)16-18-11-5-2-6-12-18/h1-14,22H,15-16H2. The van der Waals surface area contributed by atoms with Crippen molar-refractivity contribution >= 4 is 11.9 Å². The molecule has 0 N–H and O–H groups in total. The highest BCUT2D eigenvalue weighted by atomic mass is 16.7. The molecule has 5 heteroatoms. The zero-order chi connectivity index (χ0) is 18.9. The molecular weight excluding hydrogens is 342 g/mol. The van der Waals surface area contributed by atoms with Gasteiger partial charge in [-0.3, -0.25) is 14.6 Å². The molecule has 2 aromatic carbocycles. The highest BCUT2D eigenvalue weighted by Crippen LogP contribution is 2.19. The van der Waals surface area contributed by atoms with Gasteiger partial charge in [0.1, 0.15) is 5.69 Å². The van der Waals surface area contributed by atoms with Crippen LogP contribution >= 0.6 is 0 Å². The lowest BCUT2D eigenvalue weighted by Crippen LogP contribution is -2.21. The summed E-state index contributed by atoms with van der Waals surface area (Å²) in [5, 5.41) is 0. The Hall–Kier alpha value is -3.47. The Morgan fingerprint density at radius 2 is 1.19 bits per heavy atom. The minimum Gasteiger partial charge on any atom is -0.419 e. The first-order chi connectivity index (χ1) is 13.2. The van der Waals surface area contributed by atoms with Crippen LogP contribution in [0, 0.1) is 0 Å². The number of ether oxygens (including phenoxy) is 2. The van der Waals surface area contributed by atoms with Crippen LogP contribution in [0.25, 0.3) is 0 Å². The Kier molecular flexibility index (Phi) is 6.30. The van der Waals surface area contributed by atoms with Crippen molar-refractivity contribution in [3.63, 3.8) is 0 Å². The van der Waals surface area contributed by atoms with Crippen molar-refractivity contribution < 1.29 is 19.1 Å². The van der Waals surface area contributed by atoms with Crippen LogP contribution in [-0.4, -0.2) is 16.9 Å². The maximum absolute atomic E-state index is 12.3. The largest absolute Gasteiger partial charge is 0.419 e. The highest BCUT2D eigenvalue weighted by Gasteiger charge is 2.22. The van der Waals surface area contributed by atoms with Gasteiger partial charge in [-0.1, -0.05) is 66.7 Å². The molecule has 1 aromatic heterocycles. The molecule has 0 fully saturated rings. The van der Waals surface area contributed by atoms with E-state index in [1.54, 1.807) is 24.4 Å². The van der Waals surface area contributed by atoms with E-state index in [0.29, 0.717) is 5.69 Å². The number of carbonyl (C=O) groups excluding carboxylic acids is 2.